The van der Waals surface area contributed by atoms with Gasteiger partial charge in [0.2, 0.25) is 0 Å². The third kappa shape index (κ3) is 1.74. The van der Waals surface area contributed by atoms with E-state index in [1.54, 1.807) is 22.2 Å². The Balaban J connectivity index is 1.83. The molecule has 0 spiro atoms. The van der Waals surface area contributed by atoms with Crippen LogP contribution in [-0.2, 0) is 6.54 Å². The molecule has 5 nitrogen and oxygen atoms in total. The van der Waals surface area contributed by atoms with Gasteiger partial charge in [-0.25, -0.2) is 4.98 Å². The first-order valence-electron chi connectivity index (χ1n) is 4.84. The molecule has 0 amide bonds. The van der Waals surface area contributed by atoms with E-state index >= 15 is 0 Å². The Morgan fingerprint density at radius 1 is 1.38 bits per heavy atom. The van der Waals surface area contributed by atoms with Crippen LogP contribution in [0.2, 0.25) is 0 Å². The van der Waals surface area contributed by atoms with Gasteiger partial charge in [-0.05, 0) is 17.5 Å². The number of nitrogens with one attached hydrogen (secondary N) is 1. The molecule has 3 aromatic heterocycles. The van der Waals surface area contributed by atoms with Gasteiger partial charge in [-0.2, -0.15) is 10.2 Å². The van der Waals surface area contributed by atoms with Gasteiger partial charge in [-0.15, -0.1) is 11.3 Å². The molecule has 0 aliphatic carbocycles. The Kier molecular flexibility index (Phi) is 2.26. The lowest BCUT2D eigenvalue weighted by Gasteiger charge is -1.94. The van der Waals surface area contributed by atoms with E-state index < -0.39 is 0 Å². The van der Waals surface area contributed by atoms with Crippen LogP contribution in [0.3, 0.4) is 0 Å². The van der Waals surface area contributed by atoms with Crippen molar-refractivity contribution in [1.29, 1.82) is 0 Å². The Hall–Kier alpha value is -1.95. The van der Waals surface area contributed by atoms with Crippen LogP contribution < -0.4 is 0 Å². The van der Waals surface area contributed by atoms with E-state index in [9.17, 15) is 0 Å². The number of nitrogens with zero attached hydrogens (tertiary/aromatic N) is 4. The largest absolute Gasteiger partial charge is 0.265 e. The fourth-order valence-electron chi connectivity index (χ4n) is 1.43. The van der Waals surface area contributed by atoms with E-state index in [1.807, 2.05) is 29.8 Å². The summed E-state index contributed by atoms with van der Waals surface area (Å²) in [6.45, 7) is 0.616. The van der Waals surface area contributed by atoms with Crippen LogP contribution in [0.1, 0.15) is 5.82 Å². The van der Waals surface area contributed by atoms with Gasteiger partial charge in [0.15, 0.2) is 5.82 Å². The van der Waals surface area contributed by atoms with Crippen molar-refractivity contribution in [2.45, 2.75) is 6.54 Å². The highest BCUT2D eigenvalue weighted by atomic mass is 32.1. The van der Waals surface area contributed by atoms with E-state index in [2.05, 4.69) is 20.3 Å². The molecule has 0 atom stereocenters. The average Bonchev–Trinajstić information content (AvgIpc) is 2.99. The third-order valence-electron chi connectivity index (χ3n) is 2.14. The minimum absolute atomic E-state index is 0.616. The van der Waals surface area contributed by atoms with Gasteiger partial charge in [-0.3, -0.25) is 9.78 Å². The van der Waals surface area contributed by atoms with Gasteiger partial charge in [0.05, 0.1) is 4.88 Å². The minimum atomic E-state index is 0.616. The lowest BCUT2D eigenvalue weighted by Crippen LogP contribution is -2.01. The third-order valence-corrected chi connectivity index (χ3v) is 3.01. The predicted molar refractivity (Wildman–Crippen MR) is 61.0 cm³/mol. The van der Waals surface area contributed by atoms with Crippen LogP contribution in [0, 0.1) is 0 Å². The maximum absolute atomic E-state index is 4.41. The van der Waals surface area contributed by atoms with Crippen LogP contribution in [0.15, 0.2) is 36.0 Å². The molecule has 3 rings (SSSR count). The first kappa shape index (κ1) is 9.29. The van der Waals surface area contributed by atoms with Crippen molar-refractivity contribution < 1.29 is 0 Å². The highest BCUT2D eigenvalue weighted by Gasteiger charge is 2.06. The Bertz CT molecular complexity index is 552. The van der Waals surface area contributed by atoms with Gasteiger partial charge in [0.1, 0.15) is 12.4 Å². The molecule has 3 aromatic rings. The normalized spacial score (nSPS) is 10.8. The van der Waals surface area contributed by atoms with Crippen molar-refractivity contribution >= 4 is 11.3 Å². The van der Waals surface area contributed by atoms with Crippen molar-refractivity contribution in [3.63, 3.8) is 0 Å². The summed E-state index contributed by atoms with van der Waals surface area (Å²) in [4.78, 5) is 5.48. The molecule has 0 saturated carbocycles. The summed E-state index contributed by atoms with van der Waals surface area (Å²) in [6.07, 6.45) is 3.64. The molecule has 0 aliphatic heterocycles. The van der Waals surface area contributed by atoms with Gasteiger partial charge in [0, 0.05) is 12.4 Å². The van der Waals surface area contributed by atoms with Gasteiger partial charge in [0.25, 0.3) is 0 Å². The second-order valence-electron chi connectivity index (χ2n) is 3.29. The maximum atomic E-state index is 4.41. The van der Waals surface area contributed by atoms with Crippen LogP contribution in [0.5, 0.6) is 0 Å². The Morgan fingerprint density at radius 3 is 3.12 bits per heavy atom. The number of hydrogen-bond acceptors (Lipinski definition) is 4. The topological polar surface area (TPSA) is 59.4 Å². The zero-order valence-corrected chi connectivity index (χ0v) is 9.18. The smallest absolute Gasteiger partial charge is 0.191 e. The quantitative estimate of drug-likeness (QED) is 0.747. The number of thiophene rings is 1. The van der Waals surface area contributed by atoms with E-state index in [4.69, 9.17) is 0 Å². The van der Waals surface area contributed by atoms with Crippen LogP contribution in [0.4, 0.5) is 0 Å². The lowest BCUT2D eigenvalue weighted by atomic mass is 10.4. The first-order chi connectivity index (χ1) is 7.92. The maximum Gasteiger partial charge on any atom is 0.191 e. The zero-order chi connectivity index (χ0) is 10.8. The number of aromatic amines is 1. The molecule has 0 radical (unpaired) electrons. The van der Waals surface area contributed by atoms with E-state index in [-0.39, 0.29) is 0 Å². The minimum Gasteiger partial charge on any atom is -0.265 e. The van der Waals surface area contributed by atoms with Crippen LogP contribution in [-0.4, -0.2) is 25.0 Å². The van der Waals surface area contributed by atoms with Gasteiger partial charge in [-0.1, -0.05) is 6.07 Å². The van der Waals surface area contributed by atoms with Gasteiger partial charge < -0.3 is 0 Å². The van der Waals surface area contributed by atoms with E-state index in [0.717, 1.165) is 16.5 Å². The van der Waals surface area contributed by atoms with Crippen molar-refractivity contribution in [1.82, 2.24) is 25.0 Å². The second kappa shape index (κ2) is 3.90. The Morgan fingerprint density at radius 2 is 2.38 bits per heavy atom. The summed E-state index contributed by atoms with van der Waals surface area (Å²) < 4.78 is 1.80. The average molecular weight is 231 g/mol. The zero-order valence-electron chi connectivity index (χ0n) is 8.37. The van der Waals surface area contributed by atoms with Crippen molar-refractivity contribution in [3.8, 4) is 10.7 Å². The number of rotatable bonds is 3. The fraction of sp³-hybridized carbons (Fsp3) is 0.100. The number of hydrogen-bond donors (Lipinski definition) is 1. The number of aromatic nitrogens is 5. The molecular weight excluding hydrogens is 222 g/mol. The summed E-state index contributed by atoms with van der Waals surface area (Å²) in [6, 6.07) is 5.88. The number of H-pyrrole nitrogens is 1. The molecule has 0 aromatic carbocycles. The van der Waals surface area contributed by atoms with Gasteiger partial charge >= 0.3 is 0 Å². The van der Waals surface area contributed by atoms with Crippen LogP contribution in [0.25, 0.3) is 10.7 Å². The summed E-state index contributed by atoms with van der Waals surface area (Å²) in [5, 5.41) is 13.2. The SMILES string of the molecule is c1csc(-c2n[nH]c(Cn3cccn3)n2)c1. The molecule has 0 saturated heterocycles. The Labute approximate surface area is 95.8 Å². The first-order valence-corrected chi connectivity index (χ1v) is 5.72. The summed E-state index contributed by atoms with van der Waals surface area (Å²) in [5.74, 6) is 1.56. The summed E-state index contributed by atoms with van der Waals surface area (Å²) in [5.41, 5.74) is 0. The predicted octanol–water partition coefficient (Wildman–Crippen LogP) is 1.78. The highest BCUT2D eigenvalue weighted by molar-refractivity contribution is 7.13. The molecular formula is C10H9N5S. The fourth-order valence-corrected chi connectivity index (χ4v) is 2.09. The van der Waals surface area contributed by atoms with Crippen molar-refractivity contribution in [2.75, 3.05) is 0 Å². The molecule has 0 bridgehead atoms. The van der Waals surface area contributed by atoms with Crippen molar-refractivity contribution in [3.05, 3.63) is 41.8 Å². The molecule has 1 N–H and O–H groups in total. The molecule has 0 unspecified atom stereocenters. The molecule has 0 fully saturated rings. The van der Waals surface area contributed by atoms with Crippen molar-refractivity contribution in [2.24, 2.45) is 0 Å². The van der Waals surface area contributed by atoms with E-state index in [0.29, 0.717) is 6.54 Å². The molecule has 3 heterocycles. The standard InChI is InChI=1S/C10H9N5S/c1-3-8(16-6-1)10-12-9(13-14-10)7-15-5-2-4-11-15/h1-6H,7H2,(H,12,13,14). The molecule has 80 valence electrons. The van der Waals surface area contributed by atoms with E-state index in [1.165, 1.54) is 0 Å². The molecule has 6 heteroatoms. The molecule has 16 heavy (non-hydrogen) atoms. The molecule has 0 aliphatic rings. The highest BCUT2D eigenvalue weighted by Crippen LogP contribution is 2.20. The second-order valence-corrected chi connectivity index (χ2v) is 4.23. The lowest BCUT2D eigenvalue weighted by molar-refractivity contribution is 0.657. The van der Waals surface area contributed by atoms with Crippen LogP contribution >= 0.6 is 11.3 Å². The summed E-state index contributed by atoms with van der Waals surface area (Å²) >= 11 is 1.63. The monoisotopic (exact) mass is 231 g/mol. The summed E-state index contributed by atoms with van der Waals surface area (Å²) in [7, 11) is 0.